The summed E-state index contributed by atoms with van der Waals surface area (Å²) < 4.78 is 5.62. The first-order valence-electron chi connectivity index (χ1n) is 5.23. The van der Waals surface area contributed by atoms with Crippen molar-refractivity contribution in [2.75, 3.05) is 0 Å². The van der Waals surface area contributed by atoms with Gasteiger partial charge in [0, 0.05) is 10.5 Å². The van der Waals surface area contributed by atoms with E-state index in [2.05, 4.69) is 12.6 Å². The van der Waals surface area contributed by atoms with E-state index in [1.807, 2.05) is 24.3 Å². The van der Waals surface area contributed by atoms with E-state index in [0.717, 1.165) is 10.6 Å². The number of carbonyl (C=O) groups is 1. The molecule has 0 amide bonds. The maximum atomic E-state index is 11.1. The number of carbonyl (C=O) groups excluding carboxylic acids is 1. The molecular formula is C14H12O2S. The van der Waals surface area contributed by atoms with Crippen LogP contribution in [0.25, 0.3) is 0 Å². The van der Waals surface area contributed by atoms with Gasteiger partial charge in [-0.3, -0.25) is 4.79 Å². The van der Waals surface area contributed by atoms with Crippen LogP contribution in [0.4, 0.5) is 0 Å². The molecule has 0 aliphatic heterocycles. The highest BCUT2D eigenvalue weighted by molar-refractivity contribution is 7.80. The highest BCUT2D eigenvalue weighted by Crippen LogP contribution is 2.22. The Morgan fingerprint density at radius 3 is 1.88 bits per heavy atom. The topological polar surface area (TPSA) is 26.3 Å². The van der Waals surface area contributed by atoms with Crippen molar-refractivity contribution >= 4 is 18.4 Å². The molecular weight excluding hydrogens is 232 g/mol. The largest absolute Gasteiger partial charge is 0.457 e. The van der Waals surface area contributed by atoms with Gasteiger partial charge in [-0.15, -0.1) is 12.6 Å². The minimum absolute atomic E-state index is 0.0518. The second kappa shape index (κ2) is 5.06. The Labute approximate surface area is 106 Å². The van der Waals surface area contributed by atoms with Gasteiger partial charge in [0.05, 0.1) is 0 Å². The Hall–Kier alpha value is -1.74. The second-order valence-electron chi connectivity index (χ2n) is 3.68. The first-order valence-corrected chi connectivity index (χ1v) is 5.68. The lowest BCUT2D eigenvalue weighted by atomic mass is 10.1. The Morgan fingerprint density at radius 1 is 0.941 bits per heavy atom. The summed E-state index contributed by atoms with van der Waals surface area (Å²) in [6.45, 7) is 1.54. The van der Waals surface area contributed by atoms with Crippen molar-refractivity contribution in [1.29, 1.82) is 0 Å². The fourth-order valence-corrected chi connectivity index (χ4v) is 1.56. The van der Waals surface area contributed by atoms with Crippen LogP contribution < -0.4 is 4.74 Å². The van der Waals surface area contributed by atoms with Crippen LogP contribution >= 0.6 is 12.6 Å². The van der Waals surface area contributed by atoms with Gasteiger partial charge >= 0.3 is 0 Å². The molecule has 0 bridgehead atoms. The Morgan fingerprint density at radius 2 is 1.41 bits per heavy atom. The number of thiol groups is 1. The van der Waals surface area contributed by atoms with Gasteiger partial charge in [0.2, 0.25) is 0 Å². The van der Waals surface area contributed by atoms with Crippen LogP contribution in [-0.2, 0) is 0 Å². The van der Waals surface area contributed by atoms with Crippen molar-refractivity contribution in [1.82, 2.24) is 0 Å². The molecule has 2 aromatic rings. The summed E-state index contributed by atoms with van der Waals surface area (Å²) in [5.41, 5.74) is 0.683. The number of ketones is 1. The first-order chi connectivity index (χ1) is 8.15. The molecule has 0 aromatic heterocycles. The van der Waals surface area contributed by atoms with Crippen molar-refractivity contribution in [2.45, 2.75) is 11.8 Å². The molecule has 0 atom stereocenters. The van der Waals surface area contributed by atoms with Gasteiger partial charge in [-0.1, -0.05) is 0 Å². The van der Waals surface area contributed by atoms with Crippen molar-refractivity contribution in [3.05, 3.63) is 54.1 Å². The third-order valence-electron chi connectivity index (χ3n) is 2.33. The normalized spacial score (nSPS) is 10.0. The first kappa shape index (κ1) is 11.7. The minimum Gasteiger partial charge on any atom is -0.457 e. The van der Waals surface area contributed by atoms with Gasteiger partial charge in [-0.05, 0) is 55.5 Å². The van der Waals surface area contributed by atoms with Gasteiger partial charge in [-0.25, -0.2) is 0 Å². The van der Waals surface area contributed by atoms with Crippen molar-refractivity contribution in [2.24, 2.45) is 0 Å². The molecule has 17 heavy (non-hydrogen) atoms. The number of hydrogen-bond acceptors (Lipinski definition) is 3. The average Bonchev–Trinajstić information content (AvgIpc) is 2.33. The number of rotatable bonds is 3. The Bertz CT molecular complexity index is 515. The fraction of sp³-hybridized carbons (Fsp3) is 0.0714. The van der Waals surface area contributed by atoms with E-state index in [4.69, 9.17) is 4.74 Å². The Balaban J connectivity index is 2.13. The monoisotopic (exact) mass is 244 g/mol. The zero-order valence-corrected chi connectivity index (χ0v) is 10.3. The lowest BCUT2D eigenvalue weighted by Crippen LogP contribution is -1.91. The molecule has 0 aliphatic carbocycles. The summed E-state index contributed by atoms with van der Waals surface area (Å²) in [5.74, 6) is 1.51. The van der Waals surface area contributed by atoms with Gasteiger partial charge in [0.25, 0.3) is 0 Å². The Kier molecular flexibility index (Phi) is 3.49. The van der Waals surface area contributed by atoms with Crippen LogP contribution in [0, 0.1) is 0 Å². The van der Waals surface area contributed by atoms with E-state index < -0.39 is 0 Å². The molecule has 2 nitrogen and oxygen atoms in total. The molecule has 0 radical (unpaired) electrons. The van der Waals surface area contributed by atoms with Crippen molar-refractivity contribution in [3.63, 3.8) is 0 Å². The quantitative estimate of drug-likeness (QED) is 0.653. The van der Waals surface area contributed by atoms with E-state index in [9.17, 15) is 4.79 Å². The lowest BCUT2D eigenvalue weighted by Gasteiger charge is -2.06. The predicted octanol–water partition coefficient (Wildman–Crippen LogP) is 3.97. The van der Waals surface area contributed by atoms with Crippen molar-refractivity contribution < 1.29 is 9.53 Å². The molecule has 0 aliphatic rings. The number of Topliss-reactive ketones (excluding diaryl/α,β-unsaturated/α-hetero) is 1. The third kappa shape index (κ3) is 3.11. The zero-order chi connectivity index (χ0) is 12.3. The third-order valence-corrected chi connectivity index (χ3v) is 2.63. The van der Waals surface area contributed by atoms with Crippen LogP contribution in [0.5, 0.6) is 11.5 Å². The standard InChI is InChI=1S/C14H12O2S/c1-10(15)11-2-4-12(5-3-11)16-13-6-8-14(17)9-7-13/h2-9,17H,1H3. The smallest absolute Gasteiger partial charge is 0.159 e. The summed E-state index contributed by atoms with van der Waals surface area (Å²) in [7, 11) is 0. The number of benzene rings is 2. The van der Waals surface area contributed by atoms with Crippen LogP contribution in [0.3, 0.4) is 0 Å². The SMILES string of the molecule is CC(=O)c1ccc(Oc2ccc(S)cc2)cc1. The average molecular weight is 244 g/mol. The summed E-state index contributed by atoms with van der Waals surface area (Å²) in [6, 6.07) is 14.5. The molecule has 3 heteroatoms. The molecule has 2 rings (SSSR count). The summed E-state index contributed by atoms with van der Waals surface area (Å²) in [6.07, 6.45) is 0. The number of ether oxygens (including phenoxy) is 1. The van der Waals surface area contributed by atoms with Crippen molar-refractivity contribution in [3.8, 4) is 11.5 Å². The molecule has 0 N–H and O–H groups in total. The molecule has 0 heterocycles. The summed E-state index contributed by atoms with van der Waals surface area (Å²) >= 11 is 4.20. The molecule has 0 saturated carbocycles. The van der Waals surface area contributed by atoms with Gasteiger partial charge in [0.1, 0.15) is 11.5 Å². The van der Waals surface area contributed by atoms with Crippen LogP contribution in [0.1, 0.15) is 17.3 Å². The molecule has 0 fully saturated rings. The molecule has 0 spiro atoms. The van der Waals surface area contributed by atoms with Crippen LogP contribution in [0.2, 0.25) is 0 Å². The molecule has 2 aromatic carbocycles. The summed E-state index contributed by atoms with van der Waals surface area (Å²) in [4.78, 5) is 12.0. The maximum absolute atomic E-state index is 11.1. The van der Waals surface area contributed by atoms with E-state index in [-0.39, 0.29) is 5.78 Å². The predicted molar refractivity (Wildman–Crippen MR) is 70.2 cm³/mol. The van der Waals surface area contributed by atoms with Crippen LogP contribution in [-0.4, -0.2) is 5.78 Å². The highest BCUT2D eigenvalue weighted by atomic mass is 32.1. The van der Waals surface area contributed by atoms with E-state index in [1.54, 1.807) is 31.2 Å². The highest BCUT2D eigenvalue weighted by Gasteiger charge is 2.00. The maximum Gasteiger partial charge on any atom is 0.159 e. The zero-order valence-electron chi connectivity index (χ0n) is 9.38. The van der Waals surface area contributed by atoms with Gasteiger partial charge < -0.3 is 4.74 Å². The lowest BCUT2D eigenvalue weighted by molar-refractivity contribution is 0.101. The van der Waals surface area contributed by atoms with Gasteiger partial charge in [0.15, 0.2) is 5.78 Å². The second-order valence-corrected chi connectivity index (χ2v) is 4.19. The van der Waals surface area contributed by atoms with E-state index in [0.29, 0.717) is 11.3 Å². The van der Waals surface area contributed by atoms with E-state index in [1.165, 1.54) is 0 Å². The van der Waals surface area contributed by atoms with E-state index >= 15 is 0 Å². The fourth-order valence-electron chi connectivity index (χ4n) is 1.41. The molecule has 0 saturated heterocycles. The number of hydrogen-bond donors (Lipinski definition) is 1. The minimum atomic E-state index is 0.0518. The molecule has 86 valence electrons. The van der Waals surface area contributed by atoms with Gasteiger partial charge in [-0.2, -0.15) is 0 Å². The van der Waals surface area contributed by atoms with Crippen LogP contribution in [0.15, 0.2) is 53.4 Å². The molecule has 0 unspecified atom stereocenters. The summed E-state index contributed by atoms with van der Waals surface area (Å²) in [5, 5.41) is 0.